The Bertz CT molecular complexity index is 1570. The van der Waals surface area contributed by atoms with E-state index >= 15 is 0 Å². The second kappa shape index (κ2) is 13.0. The highest BCUT2D eigenvalue weighted by Gasteiger charge is 2.28. The van der Waals surface area contributed by atoms with Gasteiger partial charge in [0.2, 0.25) is 0 Å². The van der Waals surface area contributed by atoms with Crippen LogP contribution in [-0.4, -0.2) is 63.0 Å². The predicted octanol–water partition coefficient (Wildman–Crippen LogP) is 4.59. The average Bonchev–Trinajstić information content (AvgIpc) is 3.46. The first-order valence-electron chi connectivity index (χ1n) is 16.0. The summed E-state index contributed by atoms with van der Waals surface area (Å²) >= 11 is 0. The highest BCUT2D eigenvalue weighted by Crippen LogP contribution is 2.37. The first kappa shape index (κ1) is 30.2. The summed E-state index contributed by atoms with van der Waals surface area (Å²) in [5.41, 5.74) is 9.75. The fourth-order valence-corrected chi connectivity index (χ4v) is 6.97. The Morgan fingerprint density at radius 1 is 0.932 bits per heavy atom. The van der Waals surface area contributed by atoms with Gasteiger partial charge in [0, 0.05) is 92.4 Å². The largest absolute Gasteiger partial charge is 0.381 e. The van der Waals surface area contributed by atoms with Gasteiger partial charge in [-0.25, -0.2) is 0 Å². The fourth-order valence-electron chi connectivity index (χ4n) is 6.97. The molecular formula is C35H45N5O4. The van der Waals surface area contributed by atoms with Crippen molar-refractivity contribution in [3.05, 3.63) is 85.8 Å². The number of fused-ring (bicyclic) bond motifs is 1. The van der Waals surface area contributed by atoms with E-state index < -0.39 is 0 Å². The lowest BCUT2D eigenvalue weighted by molar-refractivity contribution is 0.0846. The smallest absolute Gasteiger partial charge is 0.253 e. The number of benzene rings is 2. The van der Waals surface area contributed by atoms with Gasteiger partial charge in [0.25, 0.3) is 11.5 Å². The number of nitrogens with one attached hydrogen (secondary N) is 2. The summed E-state index contributed by atoms with van der Waals surface area (Å²) in [6, 6.07) is 13.4. The molecule has 6 rings (SSSR count). The third kappa shape index (κ3) is 6.21. The molecule has 2 fully saturated rings. The van der Waals surface area contributed by atoms with Gasteiger partial charge in [0.15, 0.2) is 0 Å². The molecule has 234 valence electrons. The second-order valence-corrected chi connectivity index (χ2v) is 12.3. The third-order valence-electron chi connectivity index (χ3n) is 9.46. The van der Waals surface area contributed by atoms with Gasteiger partial charge in [-0.05, 0) is 93.1 Å². The second-order valence-electron chi connectivity index (χ2n) is 12.3. The minimum atomic E-state index is -0.167. The van der Waals surface area contributed by atoms with Crippen molar-refractivity contribution >= 4 is 23.0 Å². The Labute approximate surface area is 260 Å². The van der Waals surface area contributed by atoms with Crippen LogP contribution >= 0.6 is 0 Å². The highest BCUT2D eigenvalue weighted by atomic mass is 16.5. The Hall–Kier alpha value is -3.82. The summed E-state index contributed by atoms with van der Waals surface area (Å²) in [5.74, 6) is -0.167. The van der Waals surface area contributed by atoms with Crippen LogP contribution in [0.4, 0.5) is 17.1 Å². The van der Waals surface area contributed by atoms with Crippen LogP contribution < -0.4 is 25.6 Å². The Kier molecular flexibility index (Phi) is 8.96. The molecule has 2 N–H and O–H groups in total. The van der Waals surface area contributed by atoms with E-state index in [1.165, 1.54) is 16.8 Å². The molecule has 0 radical (unpaired) electrons. The molecule has 44 heavy (non-hydrogen) atoms. The van der Waals surface area contributed by atoms with Crippen molar-refractivity contribution in [2.45, 2.75) is 66.2 Å². The zero-order valence-electron chi connectivity index (χ0n) is 26.5. The molecule has 1 amide bonds. The summed E-state index contributed by atoms with van der Waals surface area (Å²) in [6.07, 6.45) is 1.93. The third-order valence-corrected chi connectivity index (χ3v) is 9.46. The van der Waals surface area contributed by atoms with E-state index in [9.17, 15) is 9.59 Å². The quantitative estimate of drug-likeness (QED) is 0.392. The number of carbonyl (C=O) groups excluding carboxylic acids is 1. The van der Waals surface area contributed by atoms with Gasteiger partial charge < -0.3 is 34.5 Å². The minimum Gasteiger partial charge on any atom is -0.381 e. The van der Waals surface area contributed by atoms with Crippen LogP contribution in [0, 0.1) is 20.8 Å². The molecule has 0 saturated carbocycles. The van der Waals surface area contributed by atoms with Gasteiger partial charge in [-0.15, -0.1) is 0 Å². The number of amides is 1. The maximum atomic E-state index is 13.9. The van der Waals surface area contributed by atoms with Crippen molar-refractivity contribution in [2.24, 2.45) is 0 Å². The summed E-state index contributed by atoms with van der Waals surface area (Å²) in [7, 11) is 0. The predicted molar refractivity (Wildman–Crippen MR) is 175 cm³/mol. The highest BCUT2D eigenvalue weighted by molar-refractivity contribution is 5.98. The van der Waals surface area contributed by atoms with E-state index in [-0.39, 0.29) is 18.0 Å². The van der Waals surface area contributed by atoms with Gasteiger partial charge >= 0.3 is 0 Å². The number of carbonyl (C=O) groups is 1. The molecule has 0 atom stereocenters. The van der Waals surface area contributed by atoms with Crippen molar-refractivity contribution < 1.29 is 14.3 Å². The van der Waals surface area contributed by atoms with Crippen LogP contribution in [0.2, 0.25) is 0 Å². The molecule has 3 aliphatic rings. The van der Waals surface area contributed by atoms with Crippen LogP contribution in [0.3, 0.4) is 0 Å². The number of aromatic nitrogens is 1. The molecule has 0 bridgehead atoms. The number of pyridine rings is 1. The van der Waals surface area contributed by atoms with Gasteiger partial charge in [-0.3, -0.25) is 9.59 Å². The number of ether oxygens (including phenoxy) is 2. The molecule has 2 saturated heterocycles. The summed E-state index contributed by atoms with van der Waals surface area (Å²) in [6.45, 7) is 15.5. The number of hydrogen-bond donors (Lipinski definition) is 2. The van der Waals surface area contributed by atoms with Crippen LogP contribution in [0.1, 0.15) is 63.6 Å². The molecule has 9 nitrogen and oxygen atoms in total. The molecule has 1 aromatic heterocycles. The van der Waals surface area contributed by atoms with E-state index in [2.05, 4.69) is 56.2 Å². The van der Waals surface area contributed by atoms with Crippen molar-refractivity contribution in [1.29, 1.82) is 0 Å². The van der Waals surface area contributed by atoms with E-state index in [1.54, 1.807) is 0 Å². The van der Waals surface area contributed by atoms with Crippen LogP contribution in [0.15, 0.2) is 41.2 Å². The minimum absolute atomic E-state index is 0.156. The molecule has 3 aliphatic heterocycles. The number of aromatic amines is 1. The summed E-state index contributed by atoms with van der Waals surface area (Å²) < 4.78 is 11.2. The van der Waals surface area contributed by atoms with Crippen molar-refractivity contribution in [1.82, 2.24) is 10.3 Å². The summed E-state index contributed by atoms with van der Waals surface area (Å²) in [4.78, 5) is 36.6. The van der Waals surface area contributed by atoms with Gasteiger partial charge in [-0.2, -0.15) is 0 Å². The van der Waals surface area contributed by atoms with Crippen molar-refractivity contribution in [3.63, 3.8) is 0 Å². The molecule has 0 spiro atoms. The maximum Gasteiger partial charge on any atom is 0.253 e. The van der Waals surface area contributed by atoms with Crippen molar-refractivity contribution in [2.75, 3.05) is 60.8 Å². The van der Waals surface area contributed by atoms with Crippen LogP contribution in [0.25, 0.3) is 0 Å². The number of hydrogen-bond acceptors (Lipinski definition) is 7. The fraction of sp³-hybridized carbons (Fsp3) is 0.486. The van der Waals surface area contributed by atoms with Gasteiger partial charge in [0.1, 0.15) is 0 Å². The SMILES string of the molecule is CCN(c1cc(N2Cc3ccc(N4CCOCC4)cc3C2)cc(C(=O)NCc2c(C)cc(C)[nH]c2=O)c1C)C1CCOCC1. The zero-order valence-corrected chi connectivity index (χ0v) is 26.5. The molecule has 9 heteroatoms. The molecule has 4 heterocycles. The Morgan fingerprint density at radius 3 is 2.39 bits per heavy atom. The molecule has 3 aromatic rings. The lowest BCUT2D eigenvalue weighted by atomic mass is 9.99. The number of aryl methyl sites for hydroxylation is 2. The van der Waals surface area contributed by atoms with Gasteiger partial charge in [0.05, 0.1) is 13.2 Å². The average molecular weight is 600 g/mol. The number of morpholine rings is 1. The lowest BCUT2D eigenvalue weighted by Gasteiger charge is -2.37. The molecular weight excluding hydrogens is 554 g/mol. The Balaban J connectivity index is 1.32. The number of nitrogens with zero attached hydrogens (tertiary/aromatic N) is 3. The van der Waals surface area contributed by atoms with E-state index in [0.29, 0.717) is 17.2 Å². The van der Waals surface area contributed by atoms with E-state index in [0.717, 1.165) is 100 Å². The first-order chi connectivity index (χ1) is 21.3. The monoisotopic (exact) mass is 599 g/mol. The Morgan fingerprint density at radius 2 is 1.66 bits per heavy atom. The summed E-state index contributed by atoms with van der Waals surface area (Å²) in [5, 5.41) is 3.07. The number of anilines is 3. The van der Waals surface area contributed by atoms with Gasteiger partial charge in [-0.1, -0.05) is 6.07 Å². The zero-order chi connectivity index (χ0) is 30.8. The normalized spacial score (nSPS) is 17.1. The number of rotatable bonds is 8. The maximum absolute atomic E-state index is 13.9. The molecule has 0 aliphatic carbocycles. The van der Waals surface area contributed by atoms with E-state index in [1.807, 2.05) is 32.9 Å². The molecule has 0 unspecified atom stereocenters. The topological polar surface area (TPSA) is 90.1 Å². The lowest BCUT2D eigenvalue weighted by Crippen LogP contribution is -2.40. The van der Waals surface area contributed by atoms with E-state index in [4.69, 9.17) is 9.47 Å². The first-order valence-corrected chi connectivity index (χ1v) is 16.0. The van der Waals surface area contributed by atoms with Crippen LogP contribution in [-0.2, 0) is 29.1 Å². The number of H-pyrrole nitrogens is 1. The van der Waals surface area contributed by atoms with Crippen molar-refractivity contribution in [3.8, 4) is 0 Å². The standard InChI is InChI=1S/C35H45N5O4/c1-5-40(28-8-12-43-13-9-28)33-19-30(39-21-26-6-7-29(17-27(26)22-39)38-10-14-44-15-11-38)18-31(25(33)4)34(41)36-20-32-23(2)16-24(3)37-35(32)42/h6-7,16-19,28H,5,8-15,20-22H2,1-4H3,(H,36,41)(H,37,42). The van der Waals surface area contributed by atoms with Crippen LogP contribution in [0.5, 0.6) is 0 Å². The molecule has 2 aromatic carbocycles.